The van der Waals surface area contributed by atoms with Crippen LogP contribution in [0.2, 0.25) is 0 Å². The zero-order valence-corrected chi connectivity index (χ0v) is 15.8. The molecular weight excluding hydrogens is 348 g/mol. The molecule has 138 valence electrons. The van der Waals surface area contributed by atoms with Crippen LogP contribution in [0.25, 0.3) is 0 Å². The lowest BCUT2D eigenvalue weighted by molar-refractivity contribution is -0.126. The van der Waals surface area contributed by atoms with Crippen LogP contribution in [0.15, 0.2) is 41.8 Å². The lowest BCUT2D eigenvalue weighted by Crippen LogP contribution is -2.51. The lowest BCUT2D eigenvalue weighted by Gasteiger charge is -2.34. The summed E-state index contributed by atoms with van der Waals surface area (Å²) in [5.41, 5.74) is 0.983. The van der Waals surface area contributed by atoms with Crippen molar-refractivity contribution in [2.75, 3.05) is 13.2 Å². The number of nitrogens with zero attached hydrogens (tertiary/aromatic N) is 1. The van der Waals surface area contributed by atoms with Gasteiger partial charge in [0.15, 0.2) is 0 Å². The molecule has 3 rings (SSSR count). The Morgan fingerprint density at radius 2 is 2.15 bits per heavy atom. The van der Waals surface area contributed by atoms with Gasteiger partial charge in [0.1, 0.15) is 11.8 Å². The molecule has 1 aliphatic rings. The highest BCUT2D eigenvalue weighted by atomic mass is 32.1. The fraction of sp³-hybridized carbons (Fsp3) is 0.400. The van der Waals surface area contributed by atoms with Crippen LogP contribution in [0.1, 0.15) is 41.4 Å². The number of carbonyl (C=O) groups is 2. The Balaban J connectivity index is 1.63. The second-order valence-corrected chi connectivity index (χ2v) is 7.23. The second kappa shape index (κ2) is 8.85. The number of ether oxygens (including phenoxy) is 1. The summed E-state index contributed by atoms with van der Waals surface area (Å²) in [7, 11) is 0. The monoisotopic (exact) mass is 372 g/mol. The van der Waals surface area contributed by atoms with E-state index in [2.05, 4.69) is 5.32 Å². The van der Waals surface area contributed by atoms with Gasteiger partial charge in [-0.2, -0.15) is 0 Å². The van der Waals surface area contributed by atoms with Crippen molar-refractivity contribution in [3.05, 3.63) is 52.2 Å². The van der Waals surface area contributed by atoms with Crippen molar-refractivity contribution in [3.8, 4) is 5.75 Å². The predicted molar refractivity (Wildman–Crippen MR) is 102 cm³/mol. The molecule has 0 spiro atoms. The van der Waals surface area contributed by atoms with Gasteiger partial charge in [0.05, 0.1) is 11.5 Å². The van der Waals surface area contributed by atoms with Gasteiger partial charge in [-0.15, -0.1) is 11.3 Å². The standard InChI is InChI=1S/C20H24N2O3S/c1-2-25-16-8-5-7-15(13-16)14-21-19(23)17-9-3-4-11-22(17)20(24)18-10-6-12-26-18/h5-8,10,12-13,17H,2-4,9,11,14H2,1H3,(H,21,23). The quantitative estimate of drug-likeness (QED) is 0.845. The number of benzene rings is 1. The molecule has 2 heterocycles. The van der Waals surface area contributed by atoms with Gasteiger partial charge in [-0.25, -0.2) is 0 Å². The predicted octanol–water partition coefficient (Wildman–Crippen LogP) is 3.46. The molecule has 1 aliphatic heterocycles. The van der Waals surface area contributed by atoms with E-state index in [-0.39, 0.29) is 11.8 Å². The fourth-order valence-electron chi connectivity index (χ4n) is 3.21. The number of rotatable bonds is 6. The van der Waals surface area contributed by atoms with Crippen molar-refractivity contribution < 1.29 is 14.3 Å². The molecule has 5 nitrogen and oxygen atoms in total. The molecule has 1 aromatic carbocycles. The van der Waals surface area contributed by atoms with Gasteiger partial charge in [-0.3, -0.25) is 9.59 Å². The van der Waals surface area contributed by atoms with Crippen molar-refractivity contribution in [2.45, 2.75) is 38.8 Å². The third-order valence-corrected chi connectivity index (χ3v) is 5.33. The highest BCUT2D eigenvalue weighted by Gasteiger charge is 2.32. The number of thiophene rings is 1. The van der Waals surface area contributed by atoms with Gasteiger partial charge in [-0.1, -0.05) is 18.2 Å². The van der Waals surface area contributed by atoms with Crippen LogP contribution in [-0.2, 0) is 11.3 Å². The molecule has 1 atom stereocenters. The number of hydrogen-bond acceptors (Lipinski definition) is 4. The van der Waals surface area contributed by atoms with Crippen LogP contribution in [0.5, 0.6) is 5.75 Å². The first kappa shape index (κ1) is 18.5. The highest BCUT2D eigenvalue weighted by Crippen LogP contribution is 2.22. The Morgan fingerprint density at radius 1 is 1.27 bits per heavy atom. The summed E-state index contributed by atoms with van der Waals surface area (Å²) in [6, 6.07) is 11.0. The van der Waals surface area contributed by atoms with E-state index < -0.39 is 6.04 Å². The van der Waals surface area contributed by atoms with Crippen LogP contribution in [0, 0.1) is 0 Å². The van der Waals surface area contributed by atoms with E-state index in [0.717, 1.165) is 24.2 Å². The topological polar surface area (TPSA) is 58.6 Å². The molecule has 2 aromatic rings. The molecule has 1 unspecified atom stereocenters. The summed E-state index contributed by atoms with van der Waals surface area (Å²) in [4.78, 5) is 27.9. The first-order valence-electron chi connectivity index (χ1n) is 9.03. The fourth-order valence-corrected chi connectivity index (χ4v) is 3.89. The molecule has 0 saturated carbocycles. The van der Waals surface area contributed by atoms with Crippen molar-refractivity contribution in [1.82, 2.24) is 10.2 Å². The van der Waals surface area contributed by atoms with E-state index in [4.69, 9.17) is 4.74 Å². The average Bonchev–Trinajstić information content (AvgIpc) is 3.21. The maximum absolute atomic E-state index is 12.7. The van der Waals surface area contributed by atoms with E-state index in [1.165, 1.54) is 11.3 Å². The molecule has 2 amide bonds. The smallest absolute Gasteiger partial charge is 0.264 e. The second-order valence-electron chi connectivity index (χ2n) is 6.29. The molecule has 1 fully saturated rings. The third kappa shape index (κ3) is 4.43. The van der Waals surface area contributed by atoms with E-state index in [9.17, 15) is 9.59 Å². The Kier molecular flexibility index (Phi) is 6.28. The van der Waals surface area contributed by atoms with Gasteiger partial charge in [-0.05, 0) is 55.3 Å². The van der Waals surface area contributed by atoms with Gasteiger partial charge >= 0.3 is 0 Å². The highest BCUT2D eigenvalue weighted by molar-refractivity contribution is 7.12. The molecule has 1 aromatic heterocycles. The van der Waals surface area contributed by atoms with Crippen LogP contribution in [-0.4, -0.2) is 35.9 Å². The first-order chi connectivity index (χ1) is 12.7. The number of carbonyl (C=O) groups excluding carboxylic acids is 2. The van der Waals surface area contributed by atoms with Gasteiger partial charge < -0.3 is 15.0 Å². The van der Waals surface area contributed by atoms with Crippen molar-refractivity contribution in [2.24, 2.45) is 0 Å². The zero-order valence-electron chi connectivity index (χ0n) is 14.9. The summed E-state index contributed by atoms with van der Waals surface area (Å²) in [6.45, 7) is 3.61. The molecule has 26 heavy (non-hydrogen) atoms. The Morgan fingerprint density at radius 3 is 2.92 bits per heavy atom. The van der Waals surface area contributed by atoms with Crippen LogP contribution in [0.4, 0.5) is 0 Å². The average molecular weight is 372 g/mol. The summed E-state index contributed by atoms with van der Waals surface area (Å²) in [6.07, 6.45) is 2.62. The Bertz CT molecular complexity index is 745. The van der Waals surface area contributed by atoms with E-state index in [0.29, 0.717) is 31.0 Å². The molecule has 6 heteroatoms. The Labute approximate surface area is 158 Å². The van der Waals surface area contributed by atoms with Crippen LogP contribution < -0.4 is 10.1 Å². The number of nitrogens with one attached hydrogen (secondary N) is 1. The normalized spacial score (nSPS) is 17.0. The van der Waals surface area contributed by atoms with Crippen molar-refractivity contribution >= 4 is 23.2 Å². The maximum atomic E-state index is 12.7. The van der Waals surface area contributed by atoms with E-state index in [1.807, 2.05) is 48.7 Å². The van der Waals surface area contributed by atoms with Crippen LogP contribution >= 0.6 is 11.3 Å². The van der Waals surface area contributed by atoms with Crippen molar-refractivity contribution in [1.29, 1.82) is 0 Å². The first-order valence-corrected chi connectivity index (χ1v) is 9.91. The molecule has 0 bridgehead atoms. The van der Waals surface area contributed by atoms with E-state index >= 15 is 0 Å². The summed E-state index contributed by atoms with van der Waals surface area (Å²) < 4.78 is 5.50. The Hall–Kier alpha value is -2.34. The number of likely N-dealkylation sites (tertiary alicyclic amines) is 1. The van der Waals surface area contributed by atoms with Gasteiger partial charge in [0.2, 0.25) is 5.91 Å². The molecule has 0 radical (unpaired) electrons. The maximum Gasteiger partial charge on any atom is 0.264 e. The molecule has 1 saturated heterocycles. The van der Waals surface area contributed by atoms with Gasteiger partial charge in [0.25, 0.3) is 5.91 Å². The van der Waals surface area contributed by atoms with Gasteiger partial charge in [0, 0.05) is 13.1 Å². The SMILES string of the molecule is CCOc1cccc(CNC(=O)C2CCCCN2C(=O)c2cccs2)c1. The third-order valence-electron chi connectivity index (χ3n) is 4.47. The zero-order chi connectivity index (χ0) is 18.4. The van der Waals surface area contributed by atoms with E-state index in [1.54, 1.807) is 4.90 Å². The number of hydrogen-bond donors (Lipinski definition) is 1. The summed E-state index contributed by atoms with van der Waals surface area (Å²) >= 11 is 1.42. The van der Waals surface area contributed by atoms with Crippen molar-refractivity contribution in [3.63, 3.8) is 0 Å². The minimum Gasteiger partial charge on any atom is -0.494 e. The summed E-state index contributed by atoms with van der Waals surface area (Å²) in [5.74, 6) is 0.668. The molecule has 0 aliphatic carbocycles. The van der Waals surface area contributed by atoms with Crippen LogP contribution in [0.3, 0.4) is 0 Å². The minimum atomic E-state index is -0.395. The largest absolute Gasteiger partial charge is 0.494 e. The lowest BCUT2D eigenvalue weighted by atomic mass is 10.0. The summed E-state index contributed by atoms with van der Waals surface area (Å²) in [5, 5.41) is 4.87. The molecule has 1 N–H and O–H groups in total. The number of amides is 2. The molecular formula is C20H24N2O3S. The minimum absolute atomic E-state index is 0.0433. The number of piperidine rings is 1.